The van der Waals surface area contributed by atoms with Gasteiger partial charge in [0.15, 0.2) is 5.89 Å². The molecule has 2 aromatic rings. The van der Waals surface area contributed by atoms with E-state index in [1.807, 2.05) is 0 Å². The average molecular weight is 282 g/mol. The highest BCUT2D eigenvalue weighted by Gasteiger charge is 2.14. The lowest BCUT2D eigenvalue weighted by atomic mass is 10.1. The third kappa shape index (κ3) is 3.16. The topological polar surface area (TPSA) is 103 Å². The second kappa shape index (κ2) is 4.81. The molecule has 0 saturated carbocycles. The van der Waals surface area contributed by atoms with E-state index in [1.54, 1.807) is 12.1 Å². The number of nitro benzene ring substituents is 1. The molecule has 1 aromatic carbocycles. The fraction of sp³-hybridized carbons (Fsp3) is 0.182. The number of hydrogen-bond donors (Lipinski definition) is 0. The van der Waals surface area contributed by atoms with E-state index >= 15 is 0 Å². The molecule has 0 atom stereocenters. The zero-order valence-electron chi connectivity index (χ0n) is 9.94. The van der Waals surface area contributed by atoms with Gasteiger partial charge in [0.2, 0.25) is 14.9 Å². The number of rotatable bonds is 4. The summed E-state index contributed by atoms with van der Waals surface area (Å²) in [5.41, 5.74) is 0.737. The van der Waals surface area contributed by atoms with Crippen molar-refractivity contribution < 1.29 is 17.8 Å². The van der Waals surface area contributed by atoms with Gasteiger partial charge in [0.05, 0.1) is 11.1 Å². The molecular formula is C11H10N2O5S. The van der Waals surface area contributed by atoms with Crippen LogP contribution in [0, 0.1) is 10.1 Å². The summed E-state index contributed by atoms with van der Waals surface area (Å²) < 4.78 is 27.5. The maximum atomic E-state index is 11.2. The van der Waals surface area contributed by atoms with Gasteiger partial charge >= 0.3 is 0 Å². The maximum Gasteiger partial charge on any atom is 0.269 e. The van der Waals surface area contributed by atoms with E-state index in [0.717, 1.165) is 18.0 Å². The Morgan fingerprint density at radius 3 is 2.42 bits per heavy atom. The Hall–Kier alpha value is -2.22. The molecule has 0 spiro atoms. The van der Waals surface area contributed by atoms with Crippen molar-refractivity contribution in [1.29, 1.82) is 0 Å². The summed E-state index contributed by atoms with van der Waals surface area (Å²) in [6.45, 7) is 0. The number of nitrogens with zero attached hydrogens (tertiary/aromatic N) is 2. The lowest BCUT2D eigenvalue weighted by molar-refractivity contribution is -0.384. The summed E-state index contributed by atoms with van der Waals surface area (Å²) in [6, 6.07) is 5.89. The van der Waals surface area contributed by atoms with Gasteiger partial charge in [0.1, 0.15) is 0 Å². The number of oxazole rings is 1. The van der Waals surface area contributed by atoms with Crippen molar-refractivity contribution in [1.82, 2.24) is 4.98 Å². The largest absolute Gasteiger partial charge is 0.429 e. The van der Waals surface area contributed by atoms with Crippen LogP contribution in [0.25, 0.3) is 0 Å². The Bertz CT molecular complexity index is 703. The normalized spacial score (nSPS) is 11.4. The van der Waals surface area contributed by atoms with Gasteiger partial charge < -0.3 is 4.42 Å². The maximum absolute atomic E-state index is 11.2. The molecular weight excluding hydrogens is 272 g/mol. The molecule has 0 unspecified atom stereocenters. The molecule has 1 heterocycles. The van der Waals surface area contributed by atoms with Crippen molar-refractivity contribution in [2.45, 2.75) is 11.5 Å². The molecule has 0 amide bonds. The fourth-order valence-corrected chi connectivity index (χ4v) is 1.95. The van der Waals surface area contributed by atoms with Gasteiger partial charge in [-0.2, -0.15) is 0 Å². The van der Waals surface area contributed by atoms with Crippen molar-refractivity contribution in [2.24, 2.45) is 0 Å². The summed E-state index contributed by atoms with van der Waals surface area (Å²) in [5, 5.41) is 10.3. The molecule has 0 aliphatic rings. The van der Waals surface area contributed by atoms with E-state index in [-0.39, 0.29) is 23.1 Å². The number of non-ortho nitro benzene ring substituents is 1. The molecule has 0 aliphatic carbocycles. The smallest absolute Gasteiger partial charge is 0.269 e. The molecule has 100 valence electrons. The van der Waals surface area contributed by atoms with E-state index in [4.69, 9.17) is 4.42 Å². The highest BCUT2D eigenvalue weighted by molar-refractivity contribution is 7.90. The molecule has 0 bridgehead atoms. The summed E-state index contributed by atoms with van der Waals surface area (Å²) >= 11 is 0. The Kier molecular flexibility index (Phi) is 3.34. The van der Waals surface area contributed by atoms with E-state index < -0.39 is 14.8 Å². The first-order valence-corrected chi connectivity index (χ1v) is 7.13. The minimum absolute atomic E-state index is 0.00650. The lowest BCUT2D eigenvalue weighted by Gasteiger charge is -1.97. The highest BCUT2D eigenvalue weighted by atomic mass is 32.2. The van der Waals surface area contributed by atoms with Crippen molar-refractivity contribution >= 4 is 15.5 Å². The van der Waals surface area contributed by atoms with Gasteiger partial charge in [-0.1, -0.05) is 12.1 Å². The van der Waals surface area contributed by atoms with Gasteiger partial charge in [-0.25, -0.2) is 13.4 Å². The number of sulfone groups is 1. The van der Waals surface area contributed by atoms with Crippen LogP contribution in [-0.4, -0.2) is 24.6 Å². The van der Waals surface area contributed by atoms with Crippen LogP contribution >= 0.6 is 0 Å². The molecule has 1 aromatic heterocycles. The average Bonchev–Trinajstić information content (AvgIpc) is 2.78. The van der Waals surface area contributed by atoms with Crippen LogP contribution in [-0.2, 0) is 16.3 Å². The number of benzene rings is 1. The first kappa shape index (κ1) is 13.2. The van der Waals surface area contributed by atoms with Crippen LogP contribution in [0.15, 0.2) is 40.0 Å². The lowest BCUT2D eigenvalue weighted by Crippen LogP contribution is -1.94. The summed E-state index contributed by atoms with van der Waals surface area (Å²) in [4.78, 5) is 13.9. The third-order valence-electron chi connectivity index (χ3n) is 2.40. The second-order valence-electron chi connectivity index (χ2n) is 3.95. The molecule has 0 fully saturated rings. The van der Waals surface area contributed by atoms with Gasteiger partial charge in [0, 0.05) is 24.8 Å². The molecule has 0 N–H and O–H groups in total. The van der Waals surface area contributed by atoms with Crippen LogP contribution in [0.4, 0.5) is 5.69 Å². The Balaban J connectivity index is 2.17. The van der Waals surface area contributed by atoms with Crippen LogP contribution in [0.5, 0.6) is 0 Å². The van der Waals surface area contributed by atoms with Gasteiger partial charge in [-0.3, -0.25) is 10.1 Å². The monoisotopic (exact) mass is 282 g/mol. The van der Waals surface area contributed by atoms with Crippen molar-refractivity contribution in [3.8, 4) is 0 Å². The van der Waals surface area contributed by atoms with E-state index in [0.29, 0.717) is 0 Å². The predicted molar refractivity (Wildman–Crippen MR) is 65.5 cm³/mol. The first-order chi connectivity index (χ1) is 8.86. The van der Waals surface area contributed by atoms with Gasteiger partial charge in [-0.15, -0.1) is 0 Å². The van der Waals surface area contributed by atoms with Gasteiger partial charge in [0.25, 0.3) is 5.69 Å². The van der Waals surface area contributed by atoms with Gasteiger partial charge in [-0.05, 0) is 5.56 Å². The van der Waals surface area contributed by atoms with Crippen molar-refractivity contribution in [3.05, 3.63) is 52.0 Å². The fourth-order valence-electron chi connectivity index (χ4n) is 1.46. The SMILES string of the molecule is CS(=O)(=O)c1cnc(Cc2ccc([N+](=O)[O-])cc2)o1. The Morgan fingerprint density at radius 2 is 1.95 bits per heavy atom. The minimum atomic E-state index is -3.41. The zero-order chi connectivity index (χ0) is 14.0. The molecule has 2 rings (SSSR count). The summed E-state index contributed by atoms with van der Waals surface area (Å²) in [5.74, 6) is 0.245. The van der Waals surface area contributed by atoms with Crippen molar-refractivity contribution in [2.75, 3.05) is 6.26 Å². The van der Waals surface area contributed by atoms with E-state index in [1.165, 1.54) is 12.1 Å². The zero-order valence-corrected chi connectivity index (χ0v) is 10.8. The number of hydrogen-bond acceptors (Lipinski definition) is 6. The molecule has 0 aliphatic heterocycles. The van der Waals surface area contributed by atoms with Crippen LogP contribution in [0.1, 0.15) is 11.5 Å². The highest BCUT2D eigenvalue weighted by Crippen LogP contribution is 2.16. The number of nitro groups is 1. The van der Waals surface area contributed by atoms with E-state index in [2.05, 4.69) is 4.98 Å². The second-order valence-corrected chi connectivity index (χ2v) is 5.89. The number of aromatic nitrogens is 1. The third-order valence-corrected chi connectivity index (χ3v) is 3.32. The van der Waals surface area contributed by atoms with Crippen LogP contribution in [0.2, 0.25) is 0 Å². The Morgan fingerprint density at radius 1 is 1.32 bits per heavy atom. The predicted octanol–water partition coefficient (Wildman–Crippen LogP) is 1.58. The van der Waals surface area contributed by atoms with E-state index in [9.17, 15) is 18.5 Å². The molecule has 19 heavy (non-hydrogen) atoms. The van der Waals surface area contributed by atoms with Crippen LogP contribution in [0.3, 0.4) is 0 Å². The molecule has 7 nitrogen and oxygen atoms in total. The minimum Gasteiger partial charge on any atom is -0.429 e. The summed E-state index contributed by atoms with van der Waals surface area (Å²) in [6.07, 6.45) is 2.45. The summed E-state index contributed by atoms with van der Waals surface area (Å²) in [7, 11) is -3.41. The first-order valence-electron chi connectivity index (χ1n) is 5.24. The Labute approximate surface area is 109 Å². The quantitative estimate of drug-likeness (QED) is 0.623. The standard InChI is InChI=1S/C11H10N2O5S/c1-19(16,17)11-7-12-10(18-11)6-8-2-4-9(5-3-8)13(14)15/h2-5,7H,6H2,1H3. The molecule has 8 heteroatoms. The molecule has 0 saturated heterocycles. The molecule has 0 radical (unpaired) electrons. The van der Waals surface area contributed by atoms with Crippen LogP contribution < -0.4 is 0 Å². The van der Waals surface area contributed by atoms with Crippen molar-refractivity contribution in [3.63, 3.8) is 0 Å².